The Balaban J connectivity index is 1.75. The molecule has 0 radical (unpaired) electrons. The number of sulfonamides is 2. The molecule has 3 rings (SSSR count). The third kappa shape index (κ3) is 3.73. The summed E-state index contributed by atoms with van der Waals surface area (Å²) in [6.45, 7) is 6.70. The van der Waals surface area contributed by atoms with Crippen molar-refractivity contribution < 1.29 is 16.8 Å². The molecule has 0 spiro atoms. The second-order valence-electron chi connectivity index (χ2n) is 6.72. The van der Waals surface area contributed by atoms with Crippen molar-refractivity contribution in [3.05, 3.63) is 41.7 Å². The zero-order valence-electron chi connectivity index (χ0n) is 16.4. The first-order valence-corrected chi connectivity index (χ1v) is 12.2. The average molecular weight is 427 g/mol. The molecule has 0 unspecified atom stereocenters. The lowest BCUT2D eigenvalue weighted by Crippen LogP contribution is -2.50. The molecule has 1 aliphatic heterocycles. The molecule has 2 aromatic rings. The quantitative estimate of drug-likeness (QED) is 0.697. The van der Waals surface area contributed by atoms with E-state index in [1.54, 1.807) is 23.7 Å². The molecule has 1 aromatic heterocycles. The molecule has 28 heavy (non-hydrogen) atoms. The predicted molar refractivity (Wildman–Crippen MR) is 106 cm³/mol. The van der Waals surface area contributed by atoms with E-state index in [0.717, 1.165) is 12.0 Å². The summed E-state index contributed by atoms with van der Waals surface area (Å²) < 4.78 is 55.9. The van der Waals surface area contributed by atoms with Gasteiger partial charge in [0.1, 0.15) is 4.90 Å². The second kappa shape index (κ2) is 7.94. The van der Waals surface area contributed by atoms with Crippen LogP contribution in [0.4, 0.5) is 0 Å². The summed E-state index contributed by atoms with van der Waals surface area (Å²) >= 11 is 0. The van der Waals surface area contributed by atoms with Crippen LogP contribution in [0.5, 0.6) is 0 Å². The van der Waals surface area contributed by atoms with Crippen molar-refractivity contribution in [2.45, 2.75) is 43.5 Å². The van der Waals surface area contributed by atoms with E-state index in [4.69, 9.17) is 0 Å². The van der Waals surface area contributed by atoms with Crippen LogP contribution in [0.2, 0.25) is 0 Å². The Bertz CT molecular complexity index is 1040. The lowest BCUT2D eigenvalue weighted by atomic mass is 10.2. The van der Waals surface area contributed by atoms with Gasteiger partial charge in [0.25, 0.3) is 0 Å². The van der Waals surface area contributed by atoms with Crippen LogP contribution in [0, 0.1) is 6.92 Å². The lowest BCUT2D eigenvalue weighted by Gasteiger charge is -2.33. The van der Waals surface area contributed by atoms with Gasteiger partial charge in [0.15, 0.2) is 0 Å². The number of aryl methyl sites for hydroxylation is 2. The van der Waals surface area contributed by atoms with Gasteiger partial charge in [-0.05, 0) is 38.0 Å². The Morgan fingerprint density at radius 2 is 1.43 bits per heavy atom. The molecule has 0 atom stereocenters. The standard InChI is InChI=1S/C18H26N4O4S2/c1-4-16-6-8-17(9-7-16)27(23,24)20-10-12-21(13-11-20)28(25,26)18-14-19-22(5-2)15(18)3/h6-9,14H,4-5,10-13H2,1-3H3. The number of piperazine rings is 1. The zero-order valence-corrected chi connectivity index (χ0v) is 18.0. The lowest BCUT2D eigenvalue weighted by molar-refractivity contribution is 0.272. The molecule has 0 saturated carbocycles. The van der Waals surface area contributed by atoms with Gasteiger partial charge in [-0.3, -0.25) is 4.68 Å². The Hall–Kier alpha value is -1.75. The Morgan fingerprint density at radius 1 is 0.893 bits per heavy atom. The first-order valence-electron chi connectivity index (χ1n) is 9.33. The highest BCUT2D eigenvalue weighted by atomic mass is 32.2. The summed E-state index contributed by atoms with van der Waals surface area (Å²) in [7, 11) is -7.33. The molecule has 1 saturated heterocycles. The van der Waals surface area contributed by atoms with Crippen molar-refractivity contribution in [1.29, 1.82) is 0 Å². The third-order valence-electron chi connectivity index (χ3n) is 5.14. The van der Waals surface area contributed by atoms with Crippen molar-refractivity contribution in [3.8, 4) is 0 Å². The van der Waals surface area contributed by atoms with Crippen molar-refractivity contribution in [2.75, 3.05) is 26.2 Å². The Kier molecular flexibility index (Phi) is 5.95. The van der Waals surface area contributed by atoms with Crippen LogP contribution in [0.15, 0.2) is 40.3 Å². The van der Waals surface area contributed by atoms with Gasteiger partial charge in [-0.25, -0.2) is 16.8 Å². The molecule has 1 fully saturated rings. The van der Waals surface area contributed by atoms with Gasteiger partial charge in [-0.15, -0.1) is 0 Å². The smallest absolute Gasteiger partial charge is 0.246 e. The summed E-state index contributed by atoms with van der Waals surface area (Å²) in [4.78, 5) is 0.418. The molecule has 8 nitrogen and oxygen atoms in total. The van der Waals surface area contributed by atoms with E-state index >= 15 is 0 Å². The van der Waals surface area contributed by atoms with Crippen LogP contribution >= 0.6 is 0 Å². The summed E-state index contributed by atoms with van der Waals surface area (Å²) in [6, 6.07) is 6.84. The molecule has 0 bridgehead atoms. The van der Waals surface area contributed by atoms with E-state index in [-0.39, 0.29) is 36.0 Å². The molecule has 1 aromatic carbocycles. The number of hydrogen-bond donors (Lipinski definition) is 0. The first kappa shape index (κ1) is 21.0. The fourth-order valence-electron chi connectivity index (χ4n) is 3.34. The van der Waals surface area contributed by atoms with E-state index in [1.165, 1.54) is 14.8 Å². The van der Waals surface area contributed by atoms with E-state index in [9.17, 15) is 16.8 Å². The molecular weight excluding hydrogens is 400 g/mol. The van der Waals surface area contributed by atoms with Crippen molar-refractivity contribution in [1.82, 2.24) is 18.4 Å². The number of nitrogens with zero attached hydrogens (tertiary/aromatic N) is 4. The molecule has 0 N–H and O–H groups in total. The zero-order chi connectivity index (χ0) is 20.5. The highest BCUT2D eigenvalue weighted by molar-refractivity contribution is 7.89. The van der Waals surface area contributed by atoms with Crippen molar-refractivity contribution in [2.24, 2.45) is 0 Å². The average Bonchev–Trinajstić information content (AvgIpc) is 3.09. The molecule has 10 heteroatoms. The van der Waals surface area contributed by atoms with E-state index < -0.39 is 20.0 Å². The number of hydrogen-bond acceptors (Lipinski definition) is 5. The molecule has 1 aliphatic rings. The molecule has 2 heterocycles. The van der Waals surface area contributed by atoms with Gasteiger partial charge < -0.3 is 0 Å². The minimum absolute atomic E-state index is 0.116. The minimum Gasteiger partial charge on any atom is -0.269 e. The van der Waals surface area contributed by atoms with Gasteiger partial charge in [0.05, 0.1) is 16.8 Å². The van der Waals surface area contributed by atoms with Crippen molar-refractivity contribution >= 4 is 20.0 Å². The summed E-state index contributed by atoms with van der Waals surface area (Å²) in [5.41, 5.74) is 1.66. The fourth-order valence-corrected chi connectivity index (χ4v) is 6.34. The van der Waals surface area contributed by atoms with Gasteiger partial charge >= 0.3 is 0 Å². The maximum Gasteiger partial charge on any atom is 0.246 e. The van der Waals surface area contributed by atoms with Gasteiger partial charge in [-0.2, -0.15) is 13.7 Å². The molecule has 0 aliphatic carbocycles. The van der Waals surface area contributed by atoms with Gasteiger partial charge in [-0.1, -0.05) is 19.1 Å². The highest BCUT2D eigenvalue weighted by Crippen LogP contribution is 2.23. The maximum atomic E-state index is 12.9. The number of rotatable bonds is 6. The highest BCUT2D eigenvalue weighted by Gasteiger charge is 2.35. The molecule has 0 amide bonds. The monoisotopic (exact) mass is 426 g/mol. The van der Waals surface area contributed by atoms with Crippen LogP contribution in [-0.4, -0.2) is 61.4 Å². The fraction of sp³-hybridized carbons (Fsp3) is 0.500. The summed E-state index contributed by atoms with van der Waals surface area (Å²) in [6.07, 6.45) is 2.21. The van der Waals surface area contributed by atoms with Crippen LogP contribution in [-0.2, 0) is 33.0 Å². The Labute approximate surface area is 166 Å². The van der Waals surface area contributed by atoms with Crippen LogP contribution < -0.4 is 0 Å². The second-order valence-corrected chi connectivity index (χ2v) is 10.6. The third-order valence-corrected chi connectivity index (χ3v) is 9.06. The van der Waals surface area contributed by atoms with Crippen LogP contribution in [0.25, 0.3) is 0 Å². The van der Waals surface area contributed by atoms with E-state index in [0.29, 0.717) is 12.2 Å². The maximum absolute atomic E-state index is 12.9. The normalized spacial score (nSPS) is 17.1. The summed E-state index contributed by atoms with van der Waals surface area (Å²) in [5, 5.41) is 4.11. The van der Waals surface area contributed by atoms with Crippen molar-refractivity contribution in [3.63, 3.8) is 0 Å². The molecule has 154 valence electrons. The van der Waals surface area contributed by atoms with Gasteiger partial charge in [0.2, 0.25) is 20.0 Å². The van der Waals surface area contributed by atoms with Crippen LogP contribution in [0.1, 0.15) is 25.1 Å². The topological polar surface area (TPSA) is 92.6 Å². The predicted octanol–water partition coefficient (Wildman–Crippen LogP) is 1.47. The van der Waals surface area contributed by atoms with Crippen LogP contribution in [0.3, 0.4) is 0 Å². The summed E-state index contributed by atoms with van der Waals surface area (Å²) in [5.74, 6) is 0. The first-order chi connectivity index (χ1) is 13.2. The Morgan fingerprint density at radius 3 is 1.89 bits per heavy atom. The van der Waals surface area contributed by atoms with E-state index in [1.807, 2.05) is 26.0 Å². The largest absolute Gasteiger partial charge is 0.269 e. The number of aromatic nitrogens is 2. The van der Waals surface area contributed by atoms with E-state index in [2.05, 4.69) is 5.10 Å². The number of benzene rings is 1. The van der Waals surface area contributed by atoms with Gasteiger partial charge in [0, 0.05) is 32.7 Å². The SMILES string of the molecule is CCc1ccc(S(=O)(=O)N2CCN(S(=O)(=O)c3cnn(CC)c3C)CC2)cc1. The molecular formula is C18H26N4O4S2. The minimum atomic E-state index is -3.70.